The standard InChI is InChI=1S/C15H20F3N3O2/c1-19-9-11-3-2-8-21(10-11)14(22)20-12-4-6-13(7-5-12)23-15(16,17)18/h4-7,11,19H,2-3,8-10H2,1H3,(H,20,22). The van der Waals surface area contributed by atoms with Crippen LogP contribution in [0.5, 0.6) is 5.75 Å². The van der Waals surface area contributed by atoms with Crippen molar-refractivity contribution in [3.05, 3.63) is 24.3 Å². The Morgan fingerprint density at radius 3 is 2.65 bits per heavy atom. The molecule has 1 fully saturated rings. The first-order valence-electron chi connectivity index (χ1n) is 7.44. The lowest BCUT2D eigenvalue weighted by molar-refractivity contribution is -0.274. The van der Waals surface area contributed by atoms with Crippen LogP contribution in [0.3, 0.4) is 0 Å². The Morgan fingerprint density at radius 1 is 1.35 bits per heavy atom. The number of benzene rings is 1. The van der Waals surface area contributed by atoms with Crippen LogP contribution in [-0.2, 0) is 0 Å². The number of nitrogens with one attached hydrogen (secondary N) is 2. The molecule has 2 N–H and O–H groups in total. The minimum atomic E-state index is -4.72. The van der Waals surface area contributed by atoms with Gasteiger partial charge in [-0.2, -0.15) is 0 Å². The summed E-state index contributed by atoms with van der Waals surface area (Å²) in [6.07, 6.45) is -2.70. The highest BCUT2D eigenvalue weighted by Gasteiger charge is 2.31. The van der Waals surface area contributed by atoms with Crippen molar-refractivity contribution >= 4 is 11.7 Å². The van der Waals surface area contributed by atoms with Crippen LogP contribution in [0.2, 0.25) is 0 Å². The van der Waals surface area contributed by atoms with Crippen LogP contribution >= 0.6 is 0 Å². The number of rotatable bonds is 4. The van der Waals surface area contributed by atoms with Crippen LogP contribution in [0.4, 0.5) is 23.7 Å². The van der Waals surface area contributed by atoms with Gasteiger partial charge in [-0.1, -0.05) is 0 Å². The van der Waals surface area contributed by atoms with Crippen LogP contribution in [-0.4, -0.2) is 44.0 Å². The summed E-state index contributed by atoms with van der Waals surface area (Å²) in [6, 6.07) is 4.86. The lowest BCUT2D eigenvalue weighted by Crippen LogP contribution is -2.44. The van der Waals surface area contributed by atoms with Crippen molar-refractivity contribution in [2.24, 2.45) is 5.92 Å². The fraction of sp³-hybridized carbons (Fsp3) is 0.533. The van der Waals surface area contributed by atoms with Crippen molar-refractivity contribution in [2.75, 3.05) is 32.0 Å². The van der Waals surface area contributed by atoms with Crippen molar-refractivity contribution in [1.82, 2.24) is 10.2 Å². The first-order chi connectivity index (χ1) is 10.9. The number of hydrogen-bond acceptors (Lipinski definition) is 3. The van der Waals surface area contributed by atoms with E-state index in [4.69, 9.17) is 0 Å². The minimum Gasteiger partial charge on any atom is -0.406 e. The summed E-state index contributed by atoms with van der Waals surface area (Å²) in [5, 5.41) is 5.80. The van der Waals surface area contributed by atoms with Crippen LogP contribution in [0.1, 0.15) is 12.8 Å². The number of piperidine rings is 1. The summed E-state index contributed by atoms with van der Waals surface area (Å²) in [5.41, 5.74) is 0.431. The van der Waals surface area contributed by atoms with Gasteiger partial charge in [0.05, 0.1) is 0 Å². The highest BCUT2D eigenvalue weighted by atomic mass is 19.4. The molecule has 1 unspecified atom stereocenters. The van der Waals surface area contributed by atoms with Crippen molar-refractivity contribution in [3.63, 3.8) is 0 Å². The highest BCUT2D eigenvalue weighted by Crippen LogP contribution is 2.24. The molecule has 0 saturated carbocycles. The highest BCUT2D eigenvalue weighted by molar-refractivity contribution is 5.89. The van der Waals surface area contributed by atoms with Crippen molar-refractivity contribution in [2.45, 2.75) is 19.2 Å². The van der Waals surface area contributed by atoms with Gasteiger partial charge in [0, 0.05) is 18.8 Å². The number of likely N-dealkylation sites (tertiary alicyclic amines) is 1. The molecule has 5 nitrogen and oxygen atoms in total. The minimum absolute atomic E-state index is 0.240. The van der Waals surface area contributed by atoms with E-state index in [2.05, 4.69) is 15.4 Å². The summed E-state index contributed by atoms with van der Waals surface area (Å²) in [7, 11) is 1.88. The maximum absolute atomic E-state index is 12.2. The topological polar surface area (TPSA) is 53.6 Å². The van der Waals surface area contributed by atoms with Gasteiger partial charge < -0.3 is 20.3 Å². The Morgan fingerprint density at radius 2 is 2.04 bits per heavy atom. The van der Waals surface area contributed by atoms with Crippen molar-refractivity contribution in [3.8, 4) is 5.75 Å². The normalized spacial score (nSPS) is 18.6. The maximum Gasteiger partial charge on any atom is 0.573 e. The number of halogens is 3. The fourth-order valence-corrected chi connectivity index (χ4v) is 2.65. The lowest BCUT2D eigenvalue weighted by atomic mass is 9.98. The third-order valence-corrected chi connectivity index (χ3v) is 3.64. The van der Waals surface area contributed by atoms with E-state index < -0.39 is 6.36 Å². The molecule has 128 valence electrons. The summed E-state index contributed by atoms with van der Waals surface area (Å²) >= 11 is 0. The molecule has 1 atom stereocenters. The maximum atomic E-state index is 12.2. The molecule has 1 aromatic carbocycles. The molecule has 0 aromatic heterocycles. The van der Waals surface area contributed by atoms with Gasteiger partial charge in [0.15, 0.2) is 0 Å². The van der Waals surface area contributed by atoms with Crippen LogP contribution in [0.25, 0.3) is 0 Å². The number of urea groups is 1. The number of carbonyl (C=O) groups excluding carboxylic acids is 1. The predicted octanol–water partition coefficient (Wildman–Crippen LogP) is 3.05. The second-order valence-electron chi connectivity index (χ2n) is 5.51. The number of carbonyl (C=O) groups is 1. The Kier molecular flexibility index (Phi) is 5.70. The van der Waals surface area contributed by atoms with E-state index in [1.54, 1.807) is 4.90 Å². The first-order valence-corrected chi connectivity index (χ1v) is 7.44. The zero-order chi connectivity index (χ0) is 16.9. The van der Waals surface area contributed by atoms with E-state index in [1.165, 1.54) is 24.3 Å². The average Bonchev–Trinajstić information content (AvgIpc) is 2.48. The molecular weight excluding hydrogens is 311 g/mol. The zero-order valence-electron chi connectivity index (χ0n) is 12.8. The average molecular weight is 331 g/mol. The molecule has 0 spiro atoms. The summed E-state index contributed by atoms with van der Waals surface area (Å²) in [4.78, 5) is 13.9. The SMILES string of the molecule is CNCC1CCCN(C(=O)Nc2ccc(OC(F)(F)F)cc2)C1. The van der Waals surface area contributed by atoms with Gasteiger partial charge in [-0.3, -0.25) is 0 Å². The molecule has 1 heterocycles. The van der Waals surface area contributed by atoms with Crippen molar-refractivity contribution in [1.29, 1.82) is 0 Å². The van der Waals surface area contributed by atoms with Gasteiger partial charge in [0.2, 0.25) is 0 Å². The third-order valence-electron chi connectivity index (χ3n) is 3.64. The van der Waals surface area contributed by atoms with E-state index >= 15 is 0 Å². The second-order valence-corrected chi connectivity index (χ2v) is 5.51. The number of nitrogens with zero attached hydrogens (tertiary/aromatic N) is 1. The molecule has 2 amide bonds. The lowest BCUT2D eigenvalue weighted by Gasteiger charge is -2.32. The van der Waals surface area contributed by atoms with Gasteiger partial charge in [-0.05, 0) is 56.6 Å². The fourth-order valence-electron chi connectivity index (χ4n) is 2.65. The second kappa shape index (κ2) is 7.54. The van der Waals surface area contributed by atoms with Crippen molar-refractivity contribution < 1.29 is 22.7 Å². The van der Waals surface area contributed by atoms with E-state index in [1.807, 2.05) is 7.05 Å². The molecule has 23 heavy (non-hydrogen) atoms. The Balaban J connectivity index is 1.89. The van der Waals surface area contributed by atoms with E-state index in [-0.39, 0.29) is 11.8 Å². The van der Waals surface area contributed by atoms with Crippen LogP contribution in [0, 0.1) is 5.92 Å². The number of ether oxygens (including phenoxy) is 1. The molecule has 8 heteroatoms. The third kappa shape index (κ3) is 5.63. The Labute approximate surface area is 132 Å². The smallest absolute Gasteiger partial charge is 0.406 e. The molecule has 1 aromatic rings. The van der Waals surface area contributed by atoms with Gasteiger partial charge in [-0.15, -0.1) is 13.2 Å². The monoisotopic (exact) mass is 331 g/mol. The molecule has 0 radical (unpaired) electrons. The van der Waals surface area contributed by atoms with Gasteiger partial charge >= 0.3 is 12.4 Å². The first kappa shape index (κ1) is 17.4. The van der Waals surface area contributed by atoms with E-state index in [0.717, 1.165) is 19.4 Å². The molecular formula is C15H20F3N3O2. The van der Waals surface area contributed by atoms with Crippen LogP contribution in [0.15, 0.2) is 24.3 Å². The van der Waals surface area contributed by atoms with Crippen LogP contribution < -0.4 is 15.4 Å². The summed E-state index contributed by atoms with van der Waals surface area (Å²) < 4.78 is 40.1. The summed E-state index contributed by atoms with van der Waals surface area (Å²) in [5.74, 6) is 0.101. The summed E-state index contributed by atoms with van der Waals surface area (Å²) in [6.45, 7) is 2.20. The number of hydrogen-bond donors (Lipinski definition) is 2. The molecule has 0 bridgehead atoms. The Bertz CT molecular complexity index is 518. The van der Waals surface area contributed by atoms with E-state index in [0.29, 0.717) is 24.7 Å². The molecule has 1 saturated heterocycles. The predicted molar refractivity (Wildman–Crippen MR) is 80.4 cm³/mol. The number of amides is 2. The number of alkyl halides is 3. The molecule has 1 aliphatic heterocycles. The zero-order valence-corrected chi connectivity index (χ0v) is 12.8. The Hall–Kier alpha value is -1.96. The molecule has 0 aliphatic carbocycles. The van der Waals surface area contributed by atoms with Gasteiger partial charge in [-0.25, -0.2) is 4.79 Å². The molecule has 2 rings (SSSR count). The number of anilines is 1. The molecule has 1 aliphatic rings. The van der Waals surface area contributed by atoms with Gasteiger partial charge in [0.1, 0.15) is 5.75 Å². The quantitative estimate of drug-likeness (QED) is 0.892. The largest absolute Gasteiger partial charge is 0.573 e. The van der Waals surface area contributed by atoms with E-state index in [9.17, 15) is 18.0 Å². The van der Waals surface area contributed by atoms with Gasteiger partial charge in [0.25, 0.3) is 0 Å².